The average molecular weight is 406 g/mol. The summed E-state index contributed by atoms with van der Waals surface area (Å²) in [6.07, 6.45) is -0.0339. The first-order chi connectivity index (χ1) is 13.0. The number of hydrogen-bond acceptors (Lipinski definition) is 5. The van der Waals surface area contributed by atoms with E-state index >= 15 is 0 Å². The Kier molecular flexibility index (Phi) is 5.98. The molecular weight excluding hydrogens is 389 g/mol. The van der Waals surface area contributed by atoms with Crippen molar-refractivity contribution in [2.45, 2.75) is 19.4 Å². The number of aromatic nitrogens is 2. The van der Waals surface area contributed by atoms with Crippen LogP contribution in [0.3, 0.4) is 0 Å². The number of halogens is 2. The Labute approximate surface area is 166 Å². The van der Waals surface area contributed by atoms with Gasteiger partial charge < -0.3 is 14.5 Å². The van der Waals surface area contributed by atoms with Gasteiger partial charge in [0.2, 0.25) is 11.8 Å². The fourth-order valence-corrected chi connectivity index (χ4v) is 2.86. The zero-order valence-electron chi connectivity index (χ0n) is 14.7. The molecule has 0 aliphatic rings. The summed E-state index contributed by atoms with van der Waals surface area (Å²) in [7, 11) is 1.56. The van der Waals surface area contributed by atoms with Gasteiger partial charge in [0.15, 0.2) is 0 Å². The second-order valence-electron chi connectivity index (χ2n) is 5.84. The number of rotatable bonds is 6. The maximum atomic E-state index is 12.3. The number of nitrogens with one attached hydrogen (secondary N) is 1. The van der Waals surface area contributed by atoms with Crippen LogP contribution >= 0.6 is 23.2 Å². The SMILES string of the molecule is COc1ccccc1-c1nnc(CC(=O)NC(C)c2ccc(Cl)c(Cl)c2)o1. The lowest BCUT2D eigenvalue weighted by atomic mass is 10.1. The van der Waals surface area contributed by atoms with E-state index in [1.54, 1.807) is 25.3 Å². The third kappa shape index (κ3) is 4.59. The molecule has 6 nitrogen and oxygen atoms in total. The summed E-state index contributed by atoms with van der Waals surface area (Å²) >= 11 is 11.9. The number of ether oxygens (including phenoxy) is 1. The summed E-state index contributed by atoms with van der Waals surface area (Å²) in [6.45, 7) is 1.85. The lowest BCUT2D eigenvalue weighted by molar-refractivity contribution is -0.121. The molecule has 1 atom stereocenters. The van der Waals surface area contributed by atoms with Gasteiger partial charge in [-0.2, -0.15) is 0 Å². The smallest absolute Gasteiger partial charge is 0.251 e. The summed E-state index contributed by atoms with van der Waals surface area (Å²) in [5.74, 6) is 0.886. The first-order valence-corrected chi connectivity index (χ1v) is 8.93. The third-order valence-electron chi connectivity index (χ3n) is 3.94. The molecule has 1 unspecified atom stereocenters. The molecule has 1 N–H and O–H groups in total. The largest absolute Gasteiger partial charge is 0.496 e. The van der Waals surface area contributed by atoms with E-state index in [0.29, 0.717) is 27.2 Å². The van der Waals surface area contributed by atoms with Crippen LogP contribution in [0.4, 0.5) is 0 Å². The molecule has 8 heteroatoms. The maximum absolute atomic E-state index is 12.3. The van der Waals surface area contributed by atoms with Crippen molar-refractivity contribution in [2.75, 3.05) is 7.11 Å². The Morgan fingerprint density at radius 1 is 1.19 bits per heavy atom. The minimum atomic E-state index is -0.246. The van der Waals surface area contributed by atoms with E-state index in [2.05, 4.69) is 15.5 Å². The van der Waals surface area contributed by atoms with Crippen molar-refractivity contribution in [3.8, 4) is 17.2 Å². The van der Waals surface area contributed by atoms with Gasteiger partial charge in [-0.05, 0) is 36.8 Å². The summed E-state index contributed by atoms with van der Waals surface area (Å²) in [4.78, 5) is 12.3. The van der Waals surface area contributed by atoms with Gasteiger partial charge in [-0.3, -0.25) is 4.79 Å². The molecule has 0 fully saturated rings. The number of amides is 1. The van der Waals surface area contributed by atoms with Crippen LogP contribution in [0.25, 0.3) is 11.5 Å². The van der Waals surface area contributed by atoms with Crippen molar-refractivity contribution in [2.24, 2.45) is 0 Å². The van der Waals surface area contributed by atoms with E-state index in [1.165, 1.54) is 0 Å². The number of hydrogen-bond donors (Lipinski definition) is 1. The molecule has 0 aliphatic carbocycles. The number of carbonyl (C=O) groups excluding carboxylic acids is 1. The molecule has 0 saturated carbocycles. The second-order valence-corrected chi connectivity index (χ2v) is 6.66. The molecule has 0 spiro atoms. The highest BCUT2D eigenvalue weighted by Crippen LogP contribution is 2.28. The summed E-state index contributed by atoms with van der Waals surface area (Å²) in [5, 5.41) is 11.7. The molecule has 0 saturated heterocycles. The zero-order valence-corrected chi connectivity index (χ0v) is 16.2. The van der Waals surface area contributed by atoms with Crippen molar-refractivity contribution in [1.29, 1.82) is 0 Å². The van der Waals surface area contributed by atoms with Gasteiger partial charge in [0.05, 0.1) is 28.8 Å². The van der Waals surface area contributed by atoms with E-state index in [4.69, 9.17) is 32.4 Å². The molecular formula is C19H17Cl2N3O3. The number of para-hydroxylation sites is 1. The van der Waals surface area contributed by atoms with Crippen molar-refractivity contribution in [3.63, 3.8) is 0 Å². The van der Waals surface area contributed by atoms with Crippen LogP contribution in [0.1, 0.15) is 24.4 Å². The normalized spacial score (nSPS) is 11.9. The van der Waals surface area contributed by atoms with Crippen LogP contribution in [0.15, 0.2) is 46.9 Å². The van der Waals surface area contributed by atoms with Crippen molar-refractivity contribution in [1.82, 2.24) is 15.5 Å². The van der Waals surface area contributed by atoms with Crippen molar-refractivity contribution >= 4 is 29.1 Å². The standard InChI is InChI=1S/C19H17Cl2N3O3/c1-11(12-7-8-14(20)15(21)9-12)22-17(25)10-18-23-24-19(27-18)13-5-3-4-6-16(13)26-2/h3-9,11H,10H2,1-2H3,(H,22,25). The fourth-order valence-electron chi connectivity index (χ4n) is 2.55. The zero-order chi connectivity index (χ0) is 19.4. The quantitative estimate of drug-likeness (QED) is 0.654. The van der Waals surface area contributed by atoms with E-state index in [0.717, 1.165) is 5.56 Å². The number of benzene rings is 2. The van der Waals surface area contributed by atoms with Gasteiger partial charge >= 0.3 is 0 Å². The highest BCUT2D eigenvalue weighted by molar-refractivity contribution is 6.42. The van der Waals surface area contributed by atoms with Gasteiger partial charge in [0.25, 0.3) is 5.89 Å². The third-order valence-corrected chi connectivity index (χ3v) is 4.68. The first-order valence-electron chi connectivity index (χ1n) is 8.18. The monoisotopic (exact) mass is 405 g/mol. The van der Waals surface area contributed by atoms with Crippen LogP contribution in [0.5, 0.6) is 5.75 Å². The summed E-state index contributed by atoms with van der Waals surface area (Å²) in [5.41, 5.74) is 1.52. The van der Waals surface area contributed by atoms with Crippen molar-refractivity contribution < 1.29 is 13.9 Å². The number of nitrogens with zero attached hydrogens (tertiary/aromatic N) is 2. The Morgan fingerprint density at radius 3 is 2.70 bits per heavy atom. The van der Waals surface area contributed by atoms with E-state index in [-0.39, 0.29) is 24.3 Å². The van der Waals surface area contributed by atoms with Crippen LogP contribution in [0.2, 0.25) is 10.0 Å². The Morgan fingerprint density at radius 2 is 1.96 bits per heavy atom. The van der Waals surface area contributed by atoms with Gasteiger partial charge in [-0.15, -0.1) is 10.2 Å². The molecule has 0 radical (unpaired) electrons. The minimum Gasteiger partial charge on any atom is -0.496 e. The van der Waals surface area contributed by atoms with Gasteiger partial charge in [0.1, 0.15) is 12.2 Å². The van der Waals surface area contributed by atoms with E-state index < -0.39 is 0 Å². The average Bonchev–Trinajstić information content (AvgIpc) is 3.11. The van der Waals surface area contributed by atoms with Crippen LogP contribution in [-0.4, -0.2) is 23.2 Å². The summed E-state index contributed by atoms with van der Waals surface area (Å²) in [6, 6.07) is 12.3. The van der Waals surface area contributed by atoms with E-state index in [9.17, 15) is 4.79 Å². The number of carbonyl (C=O) groups is 1. The molecule has 140 valence electrons. The molecule has 3 rings (SSSR count). The van der Waals surface area contributed by atoms with Gasteiger partial charge in [0, 0.05) is 0 Å². The predicted octanol–water partition coefficient (Wildman–Crippen LogP) is 4.47. The maximum Gasteiger partial charge on any atom is 0.251 e. The topological polar surface area (TPSA) is 77.2 Å². The highest BCUT2D eigenvalue weighted by Gasteiger charge is 2.17. The molecule has 1 amide bonds. The fraction of sp³-hybridized carbons (Fsp3) is 0.211. The minimum absolute atomic E-state index is 0.0339. The molecule has 3 aromatic rings. The number of methoxy groups -OCH3 is 1. The predicted molar refractivity (Wildman–Crippen MR) is 103 cm³/mol. The lowest BCUT2D eigenvalue weighted by Gasteiger charge is -2.14. The molecule has 27 heavy (non-hydrogen) atoms. The van der Waals surface area contributed by atoms with Gasteiger partial charge in [-0.1, -0.05) is 41.4 Å². The second kappa shape index (κ2) is 8.41. The molecule has 0 aliphatic heterocycles. The molecule has 0 bridgehead atoms. The Hall–Kier alpha value is -2.57. The molecule has 1 heterocycles. The van der Waals surface area contributed by atoms with Crippen molar-refractivity contribution in [3.05, 3.63) is 64.0 Å². The summed E-state index contributed by atoms with van der Waals surface area (Å²) < 4.78 is 10.9. The first kappa shape index (κ1) is 19.2. The van der Waals surface area contributed by atoms with E-state index in [1.807, 2.05) is 31.2 Å². The molecule has 2 aromatic carbocycles. The van der Waals surface area contributed by atoms with Crippen LogP contribution in [-0.2, 0) is 11.2 Å². The highest BCUT2D eigenvalue weighted by atomic mass is 35.5. The Balaban J connectivity index is 1.66. The molecule has 1 aromatic heterocycles. The van der Waals surface area contributed by atoms with Crippen LogP contribution in [0, 0.1) is 0 Å². The Bertz CT molecular complexity index is 959. The van der Waals surface area contributed by atoms with Crippen LogP contribution < -0.4 is 10.1 Å². The lowest BCUT2D eigenvalue weighted by Crippen LogP contribution is -2.28. The van der Waals surface area contributed by atoms with Gasteiger partial charge in [-0.25, -0.2) is 0 Å².